The smallest absolute Gasteiger partial charge is 0.237 e. The highest BCUT2D eigenvalue weighted by atomic mass is 16.3. The topological polar surface area (TPSA) is 52.6 Å². The molecule has 1 unspecified atom stereocenters. The third-order valence-corrected chi connectivity index (χ3v) is 5.96. The number of amides is 1. The first kappa shape index (κ1) is 20.9. The van der Waals surface area contributed by atoms with Gasteiger partial charge in [-0.2, -0.15) is 0 Å². The number of hydrogen-bond donors (Lipinski definition) is 2. The Morgan fingerprint density at radius 3 is 2.00 bits per heavy atom. The third-order valence-electron chi connectivity index (χ3n) is 5.96. The summed E-state index contributed by atoms with van der Waals surface area (Å²) in [6, 6.07) is 27.1. The number of carbonyl (C=O) groups excluding carboxylic acids is 1. The fourth-order valence-electron chi connectivity index (χ4n) is 4.05. The van der Waals surface area contributed by atoms with Gasteiger partial charge < -0.3 is 10.4 Å². The lowest BCUT2D eigenvalue weighted by Crippen LogP contribution is -2.47. The molecule has 1 amide bonds. The van der Waals surface area contributed by atoms with Crippen molar-refractivity contribution in [2.75, 3.05) is 13.1 Å². The molecule has 4 rings (SSSR count). The van der Waals surface area contributed by atoms with Gasteiger partial charge in [0.25, 0.3) is 0 Å². The van der Waals surface area contributed by atoms with Gasteiger partial charge in [-0.3, -0.25) is 9.69 Å². The molecule has 31 heavy (non-hydrogen) atoms. The van der Waals surface area contributed by atoms with Crippen LogP contribution in [0.2, 0.25) is 0 Å². The lowest BCUT2D eigenvalue weighted by molar-refractivity contribution is -0.126. The standard InChI is InChI=1S/C27H28N2O2/c1-20(29-18-16-22(17-19-29)21-12-14-25(30)15-13-21)27(31)28-26(23-8-4-2-5-9-23)24-10-6-3-7-11-24/h2-16,20,26,30H,17-19H2,1H3,(H,28,31). The molecule has 0 saturated carbocycles. The zero-order valence-corrected chi connectivity index (χ0v) is 17.7. The van der Waals surface area contributed by atoms with Crippen molar-refractivity contribution in [3.63, 3.8) is 0 Å². The lowest BCUT2D eigenvalue weighted by atomic mass is 9.97. The lowest BCUT2D eigenvalue weighted by Gasteiger charge is -2.32. The highest BCUT2D eigenvalue weighted by Crippen LogP contribution is 2.26. The molecule has 1 aliphatic rings. The molecule has 0 spiro atoms. The molecule has 4 nitrogen and oxygen atoms in total. The number of hydrogen-bond acceptors (Lipinski definition) is 3. The molecule has 1 atom stereocenters. The molecule has 3 aromatic carbocycles. The molecule has 4 heteroatoms. The van der Waals surface area contributed by atoms with E-state index >= 15 is 0 Å². The minimum Gasteiger partial charge on any atom is -0.508 e. The second-order valence-electron chi connectivity index (χ2n) is 7.96. The first-order valence-corrected chi connectivity index (χ1v) is 10.7. The highest BCUT2D eigenvalue weighted by Gasteiger charge is 2.26. The largest absolute Gasteiger partial charge is 0.508 e. The van der Waals surface area contributed by atoms with Crippen molar-refractivity contribution in [1.82, 2.24) is 10.2 Å². The van der Waals surface area contributed by atoms with Gasteiger partial charge in [-0.05, 0) is 47.7 Å². The fraction of sp³-hybridized carbons (Fsp3) is 0.222. The van der Waals surface area contributed by atoms with Gasteiger partial charge >= 0.3 is 0 Å². The van der Waals surface area contributed by atoms with Crippen LogP contribution in [-0.4, -0.2) is 35.0 Å². The van der Waals surface area contributed by atoms with Crippen molar-refractivity contribution >= 4 is 11.5 Å². The third kappa shape index (κ3) is 5.04. The quantitative estimate of drug-likeness (QED) is 0.613. The van der Waals surface area contributed by atoms with E-state index in [0.717, 1.165) is 36.2 Å². The monoisotopic (exact) mass is 412 g/mol. The van der Waals surface area contributed by atoms with E-state index in [4.69, 9.17) is 0 Å². The highest BCUT2D eigenvalue weighted by molar-refractivity contribution is 5.82. The maximum Gasteiger partial charge on any atom is 0.237 e. The summed E-state index contributed by atoms with van der Waals surface area (Å²) in [5, 5.41) is 12.8. The normalized spacial score (nSPS) is 15.4. The maximum atomic E-state index is 13.2. The summed E-state index contributed by atoms with van der Waals surface area (Å²) in [6.45, 7) is 3.52. The average molecular weight is 413 g/mol. The Labute approximate surface area is 183 Å². The number of phenolic OH excluding ortho intramolecular Hbond substituents is 1. The Hall–Kier alpha value is -3.37. The zero-order chi connectivity index (χ0) is 21.6. The van der Waals surface area contributed by atoms with Gasteiger partial charge in [-0.15, -0.1) is 0 Å². The summed E-state index contributed by atoms with van der Waals surface area (Å²) in [5.74, 6) is 0.303. The molecule has 0 saturated heterocycles. The Bertz CT molecular complexity index is 990. The van der Waals surface area contributed by atoms with Gasteiger partial charge in [0.1, 0.15) is 5.75 Å². The summed E-state index contributed by atoms with van der Waals surface area (Å²) in [5.41, 5.74) is 4.53. The molecule has 3 aromatic rings. The number of nitrogens with zero attached hydrogens (tertiary/aromatic N) is 1. The predicted molar refractivity (Wildman–Crippen MR) is 125 cm³/mol. The van der Waals surface area contributed by atoms with Crippen molar-refractivity contribution in [2.45, 2.75) is 25.4 Å². The summed E-state index contributed by atoms with van der Waals surface area (Å²) in [7, 11) is 0. The van der Waals surface area contributed by atoms with Gasteiger partial charge in [0.2, 0.25) is 5.91 Å². The maximum absolute atomic E-state index is 13.2. The Kier molecular flexibility index (Phi) is 6.48. The fourth-order valence-corrected chi connectivity index (χ4v) is 4.05. The van der Waals surface area contributed by atoms with E-state index < -0.39 is 0 Å². The van der Waals surface area contributed by atoms with Crippen LogP contribution in [0, 0.1) is 0 Å². The van der Waals surface area contributed by atoms with Crippen LogP contribution in [0.5, 0.6) is 5.75 Å². The van der Waals surface area contributed by atoms with Crippen LogP contribution in [-0.2, 0) is 4.79 Å². The van der Waals surface area contributed by atoms with Crippen molar-refractivity contribution in [1.29, 1.82) is 0 Å². The number of carbonyl (C=O) groups is 1. The van der Waals surface area contributed by atoms with E-state index in [0.29, 0.717) is 0 Å². The molecular formula is C27H28N2O2. The Morgan fingerprint density at radius 2 is 1.48 bits per heavy atom. The van der Waals surface area contributed by atoms with Gasteiger partial charge in [0.05, 0.1) is 12.1 Å². The SMILES string of the molecule is CC(C(=O)NC(c1ccccc1)c1ccccc1)N1CC=C(c2ccc(O)cc2)CC1. The second kappa shape index (κ2) is 9.63. The van der Waals surface area contributed by atoms with Crippen LogP contribution in [0.25, 0.3) is 5.57 Å². The van der Waals surface area contributed by atoms with E-state index in [-0.39, 0.29) is 23.7 Å². The minimum atomic E-state index is -0.229. The molecule has 2 N–H and O–H groups in total. The van der Waals surface area contributed by atoms with Crippen LogP contribution in [0.15, 0.2) is 91.0 Å². The summed E-state index contributed by atoms with van der Waals surface area (Å²) >= 11 is 0. The number of benzene rings is 3. The molecule has 0 bridgehead atoms. The van der Waals surface area contributed by atoms with Crippen LogP contribution < -0.4 is 5.32 Å². The van der Waals surface area contributed by atoms with E-state index in [1.807, 2.05) is 55.5 Å². The molecule has 1 heterocycles. The molecule has 1 aliphatic heterocycles. The van der Waals surface area contributed by atoms with Gasteiger partial charge in [0, 0.05) is 13.1 Å². The van der Waals surface area contributed by atoms with E-state index in [1.165, 1.54) is 5.57 Å². The van der Waals surface area contributed by atoms with Crippen molar-refractivity contribution in [2.24, 2.45) is 0 Å². The van der Waals surface area contributed by atoms with Gasteiger partial charge in [-0.25, -0.2) is 0 Å². The van der Waals surface area contributed by atoms with Gasteiger partial charge in [-0.1, -0.05) is 78.9 Å². The van der Waals surface area contributed by atoms with Crippen LogP contribution in [0.3, 0.4) is 0 Å². The van der Waals surface area contributed by atoms with Crippen LogP contribution in [0.4, 0.5) is 0 Å². The number of nitrogens with one attached hydrogen (secondary N) is 1. The first-order valence-electron chi connectivity index (χ1n) is 10.7. The molecule has 0 radical (unpaired) electrons. The molecule has 0 aliphatic carbocycles. The Morgan fingerprint density at radius 1 is 0.903 bits per heavy atom. The minimum absolute atomic E-state index is 0.0270. The Balaban J connectivity index is 1.45. The molecular weight excluding hydrogens is 384 g/mol. The summed E-state index contributed by atoms with van der Waals surface area (Å²) in [6.07, 6.45) is 3.06. The first-order chi connectivity index (χ1) is 15.1. The predicted octanol–water partition coefficient (Wildman–Crippen LogP) is 4.78. The van der Waals surface area contributed by atoms with Crippen LogP contribution >= 0.6 is 0 Å². The second-order valence-corrected chi connectivity index (χ2v) is 7.96. The number of aromatic hydroxyl groups is 1. The summed E-state index contributed by atoms with van der Waals surface area (Å²) < 4.78 is 0. The van der Waals surface area contributed by atoms with Crippen molar-refractivity contribution < 1.29 is 9.90 Å². The number of phenols is 1. The molecule has 158 valence electrons. The van der Waals surface area contributed by atoms with Crippen molar-refractivity contribution in [3.05, 3.63) is 108 Å². The van der Waals surface area contributed by atoms with E-state index in [2.05, 4.69) is 40.6 Å². The molecule has 0 aromatic heterocycles. The van der Waals surface area contributed by atoms with E-state index in [9.17, 15) is 9.90 Å². The summed E-state index contributed by atoms with van der Waals surface area (Å²) in [4.78, 5) is 15.4. The van der Waals surface area contributed by atoms with E-state index in [1.54, 1.807) is 12.1 Å². The van der Waals surface area contributed by atoms with Crippen LogP contribution in [0.1, 0.15) is 36.1 Å². The molecule has 0 fully saturated rings. The van der Waals surface area contributed by atoms with Crippen molar-refractivity contribution in [3.8, 4) is 5.75 Å². The zero-order valence-electron chi connectivity index (χ0n) is 17.7. The average Bonchev–Trinajstić information content (AvgIpc) is 2.83. The van der Waals surface area contributed by atoms with Gasteiger partial charge in [0.15, 0.2) is 0 Å². The number of rotatable bonds is 6.